The fourth-order valence-electron chi connectivity index (χ4n) is 4.45. The lowest BCUT2D eigenvalue weighted by atomic mass is 9.90. The summed E-state index contributed by atoms with van der Waals surface area (Å²) in [4.78, 5) is 2.40. The third-order valence-corrected chi connectivity index (χ3v) is 7.82. The molecule has 0 N–H and O–H groups in total. The monoisotopic (exact) mass is 510 g/mol. The molecule has 5 rings (SSSR count). The Morgan fingerprint density at radius 1 is 0.556 bits per heavy atom. The average molecular weight is 511 g/mol. The summed E-state index contributed by atoms with van der Waals surface area (Å²) in [5, 5.41) is 0.726. The van der Waals surface area contributed by atoms with E-state index in [1.807, 2.05) is 18.2 Å². The lowest BCUT2D eigenvalue weighted by molar-refractivity contribution is 0.394. The summed E-state index contributed by atoms with van der Waals surface area (Å²) < 4.78 is 11.3. The maximum atomic E-state index is 6.26. The molecular weight excluding hydrogens is 484 g/mol. The van der Waals surface area contributed by atoms with E-state index < -0.39 is 0 Å². The van der Waals surface area contributed by atoms with Gasteiger partial charge >= 0.3 is 0 Å². The van der Waals surface area contributed by atoms with E-state index in [0.29, 0.717) is 0 Å². The van der Waals surface area contributed by atoms with Gasteiger partial charge in [0.15, 0.2) is 0 Å². The van der Waals surface area contributed by atoms with E-state index in [2.05, 4.69) is 86.6 Å². The van der Waals surface area contributed by atoms with E-state index in [1.165, 1.54) is 32.0 Å². The number of halogens is 1. The van der Waals surface area contributed by atoms with Crippen LogP contribution in [0, 0.1) is 13.8 Å². The number of methoxy groups -OCH3 is 2. The summed E-state index contributed by atoms with van der Waals surface area (Å²) in [5.41, 5.74) is 9.34. The molecule has 0 aliphatic heterocycles. The van der Waals surface area contributed by atoms with Crippen molar-refractivity contribution in [2.75, 3.05) is 14.2 Å². The average Bonchev–Trinajstić information content (AvgIpc) is 3.30. The second-order valence-corrected chi connectivity index (χ2v) is 10.3. The van der Waals surface area contributed by atoms with Crippen LogP contribution in [0.3, 0.4) is 0 Å². The molecule has 0 aliphatic carbocycles. The number of hydrogen-bond donors (Lipinski definition) is 0. The van der Waals surface area contributed by atoms with Crippen molar-refractivity contribution in [2.45, 2.75) is 13.8 Å². The highest BCUT2D eigenvalue weighted by Crippen LogP contribution is 2.53. The lowest BCUT2D eigenvalue weighted by Gasteiger charge is -2.14. The van der Waals surface area contributed by atoms with Crippen molar-refractivity contribution in [3.05, 3.63) is 107 Å². The molecule has 0 radical (unpaired) electrons. The van der Waals surface area contributed by atoms with Crippen molar-refractivity contribution in [1.82, 2.24) is 0 Å². The fourth-order valence-corrected chi connectivity index (χ4v) is 5.92. The number of hydrogen-bond acceptors (Lipinski definition) is 3. The van der Waals surface area contributed by atoms with Crippen LogP contribution in [0.2, 0.25) is 5.02 Å². The lowest BCUT2D eigenvalue weighted by Crippen LogP contribution is -1.91. The Kier molecular flexibility index (Phi) is 6.86. The first-order valence-corrected chi connectivity index (χ1v) is 13.0. The molecule has 2 nitrogen and oxygen atoms in total. The van der Waals surface area contributed by atoms with Crippen LogP contribution >= 0.6 is 22.9 Å². The van der Waals surface area contributed by atoms with Crippen LogP contribution in [0.5, 0.6) is 11.5 Å². The maximum absolute atomic E-state index is 6.26. The zero-order valence-electron chi connectivity index (χ0n) is 20.8. The van der Waals surface area contributed by atoms with Crippen LogP contribution < -0.4 is 9.47 Å². The van der Waals surface area contributed by atoms with Crippen LogP contribution in [-0.2, 0) is 0 Å². The molecule has 5 aromatic rings. The summed E-state index contributed by atoms with van der Waals surface area (Å²) in [6.07, 6.45) is 0. The highest BCUT2D eigenvalue weighted by Gasteiger charge is 2.24. The minimum atomic E-state index is 0.726. The Morgan fingerprint density at radius 3 is 1.75 bits per heavy atom. The Bertz CT molecular complexity index is 1490. The second-order valence-electron chi connectivity index (χ2n) is 8.85. The molecule has 0 bridgehead atoms. The van der Waals surface area contributed by atoms with Crippen molar-refractivity contribution in [1.29, 1.82) is 0 Å². The molecule has 0 amide bonds. The first-order chi connectivity index (χ1) is 17.5. The zero-order chi connectivity index (χ0) is 25.2. The number of rotatable bonds is 6. The molecule has 4 aromatic carbocycles. The molecule has 0 unspecified atom stereocenters. The predicted molar refractivity (Wildman–Crippen MR) is 154 cm³/mol. The van der Waals surface area contributed by atoms with Crippen molar-refractivity contribution in [2.24, 2.45) is 0 Å². The standard InChI is InChI=1S/C32H27ClO2S/c1-20-8-10-22(11-9-20)29-30(25-17-27(34-3)19-28(18-25)35-4)32(24-7-5-6-21(2)16-24)36-31(29)23-12-14-26(33)15-13-23/h5-19H,1-4H3. The van der Waals surface area contributed by atoms with Crippen LogP contribution in [0.15, 0.2) is 91.0 Å². The molecule has 1 heterocycles. The molecule has 1 aromatic heterocycles. The molecular formula is C32H27ClO2S. The van der Waals surface area contributed by atoms with E-state index in [-0.39, 0.29) is 0 Å². The van der Waals surface area contributed by atoms with Crippen molar-refractivity contribution in [3.8, 4) is 54.6 Å². The maximum Gasteiger partial charge on any atom is 0.123 e. The third kappa shape index (κ3) is 4.77. The first kappa shape index (κ1) is 24.2. The van der Waals surface area contributed by atoms with Crippen molar-refractivity contribution in [3.63, 3.8) is 0 Å². The Labute approximate surface area is 221 Å². The van der Waals surface area contributed by atoms with Gasteiger partial charge < -0.3 is 9.47 Å². The van der Waals surface area contributed by atoms with Gasteiger partial charge in [0.05, 0.1) is 14.2 Å². The summed E-state index contributed by atoms with van der Waals surface area (Å²) in [5.74, 6) is 1.52. The first-order valence-electron chi connectivity index (χ1n) is 11.8. The van der Waals surface area contributed by atoms with Crippen LogP contribution in [-0.4, -0.2) is 14.2 Å². The molecule has 0 saturated carbocycles. The Morgan fingerprint density at radius 2 is 1.14 bits per heavy atom. The molecule has 0 saturated heterocycles. The van der Waals surface area contributed by atoms with Gasteiger partial charge in [-0.1, -0.05) is 83.4 Å². The van der Waals surface area contributed by atoms with Gasteiger partial charge in [-0.3, -0.25) is 0 Å². The van der Waals surface area contributed by atoms with Gasteiger partial charge in [0, 0.05) is 32.0 Å². The van der Waals surface area contributed by atoms with Crippen LogP contribution in [0.1, 0.15) is 11.1 Å². The van der Waals surface area contributed by atoms with Crippen LogP contribution in [0.4, 0.5) is 0 Å². The van der Waals surface area contributed by atoms with Gasteiger partial charge in [-0.05, 0) is 60.4 Å². The van der Waals surface area contributed by atoms with E-state index in [0.717, 1.165) is 38.8 Å². The van der Waals surface area contributed by atoms with Gasteiger partial charge in [0.25, 0.3) is 0 Å². The third-order valence-electron chi connectivity index (χ3n) is 6.28. The minimum Gasteiger partial charge on any atom is -0.497 e. The number of aryl methyl sites for hydroxylation is 2. The minimum absolute atomic E-state index is 0.726. The van der Waals surface area contributed by atoms with Gasteiger partial charge in [-0.2, -0.15) is 0 Å². The van der Waals surface area contributed by atoms with Gasteiger partial charge in [0.2, 0.25) is 0 Å². The summed E-state index contributed by atoms with van der Waals surface area (Å²) in [6, 6.07) is 31.6. The van der Waals surface area contributed by atoms with E-state index >= 15 is 0 Å². The van der Waals surface area contributed by atoms with Gasteiger partial charge in [-0.25, -0.2) is 0 Å². The predicted octanol–water partition coefficient (Wildman–Crippen LogP) is 9.70. The number of benzene rings is 4. The zero-order valence-corrected chi connectivity index (χ0v) is 22.3. The van der Waals surface area contributed by atoms with Crippen molar-refractivity contribution >= 4 is 22.9 Å². The molecule has 36 heavy (non-hydrogen) atoms. The molecule has 0 aliphatic rings. The second kappa shape index (κ2) is 10.2. The Hall–Kier alpha value is -3.53. The summed E-state index contributed by atoms with van der Waals surface area (Å²) in [6.45, 7) is 4.25. The molecule has 4 heteroatoms. The SMILES string of the molecule is COc1cc(OC)cc(-c2c(-c3cccc(C)c3)sc(-c3ccc(Cl)cc3)c2-c2ccc(C)cc2)c1. The van der Waals surface area contributed by atoms with Crippen LogP contribution in [0.25, 0.3) is 43.1 Å². The largest absolute Gasteiger partial charge is 0.497 e. The normalized spacial score (nSPS) is 10.9. The van der Waals surface area contributed by atoms with Gasteiger partial charge in [-0.15, -0.1) is 11.3 Å². The van der Waals surface area contributed by atoms with E-state index in [1.54, 1.807) is 25.6 Å². The highest BCUT2D eigenvalue weighted by molar-refractivity contribution is 7.20. The van der Waals surface area contributed by atoms with E-state index in [9.17, 15) is 0 Å². The quantitative estimate of drug-likeness (QED) is 0.226. The summed E-state index contributed by atoms with van der Waals surface area (Å²) in [7, 11) is 3.38. The smallest absolute Gasteiger partial charge is 0.123 e. The summed E-state index contributed by atoms with van der Waals surface area (Å²) >= 11 is 8.06. The number of ether oxygens (including phenoxy) is 2. The molecule has 0 atom stereocenters. The molecule has 0 spiro atoms. The van der Waals surface area contributed by atoms with Crippen molar-refractivity contribution < 1.29 is 9.47 Å². The molecule has 180 valence electrons. The Balaban J connectivity index is 1.90. The van der Waals surface area contributed by atoms with Gasteiger partial charge in [0.1, 0.15) is 11.5 Å². The van der Waals surface area contributed by atoms with E-state index in [4.69, 9.17) is 21.1 Å². The topological polar surface area (TPSA) is 18.5 Å². The molecule has 0 fully saturated rings. The highest BCUT2D eigenvalue weighted by atomic mass is 35.5. The number of thiophene rings is 1. The fraction of sp³-hybridized carbons (Fsp3) is 0.125.